The van der Waals surface area contributed by atoms with Gasteiger partial charge in [-0.2, -0.15) is 13.2 Å². The number of H-pyrrole nitrogens is 1. The van der Waals surface area contributed by atoms with Gasteiger partial charge >= 0.3 is 6.18 Å². The second-order valence-electron chi connectivity index (χ2n) is 7.80. The molecule has 5 rings (SSSR count). The van der Waals surface area contributed by atoms with E-state index in [4.69, 9.17) is 9.47 Å². The Morgan fingerprint density at radius 3 is 2.42 bits per heavy atom. The number of amides is 2. The fraction of sp³-hybridized carbons (Fsp3) is 0.318. The summed E-state index contributed by atoms with van der Waals surface area (Å²) in [6, 6.07) is 11.3. The van der Waals surface area contributed by atoms with Crippen LogP contribution >= 0.6 is 0 Å². The number of hydrogen-bond donors (Lipinski definition) is 1. The van der Waals surface area contributed by atoms with Crippen LogP contribution in [0.25, 0.3) is 11.0 Å². The topological polar surface area (TPSA) is 87.8 Å². The Morgan fingerprint density at radius 1 is 1.00 bits per heavy atom. The van der Waals surface area contributed by atoms with Crippen LogP contribution in [0.2, 0.25) is 0 Å². The van der Waals surface area contributed by atoms with E-state index >= 15 is 0 Å². The third-order valence-corrected chi connectivity index (χ3v) is 5.66. The number of benzene rings is 2. The fourth-order valence-electron chi connectivity index (χ4n) is 3.93. The molecular weight excluding hydrogens is 441 g/mol. The Balaban J connectivity index is 1.22. The highest BCUT2D eigenvalue weighted by atomic mass is 19.4. The predicted octanol–water partition coefficient (Wildman–Crippen LogP) is 2.71. The molecule has 0 aliphatic carbocycles. The number of nitrogens with one attached hydrogen (secondary N) is 1. The molecule has 2 aromatic carbocycles. The summed E-state index contributed by atoms with van der Waals surface area (Å²) in [5, 5.41) is 0. The Hall–Kier alpha value is -3.76. The molecule has 3 aromatic rings. The molecule has 2 aliphatic heterocycles. The molecule has 172 valence electrons. The lowest BCUT2D eigenvalue weighted by Gasteiger charge is -2.37. The number of halogens is 3. The number of para-hydroxylation sites is 2. The minimum atomic E-state index is -4.60. The third kappa shape index (κ3) is 4.06. The largest absolute Gasteiger partial charge is 0.485 e. The van der Waals surface area contributed by atoms with Gasteiger partial charge in [-0.05, 0) is 30.3 Å². The Bertz CT molecular complexity index is 1220. The van der Waals surface area contributed by atoms with Gasteiger partial charge in [0, 0.05) is 31.7 Å². The van der Waals surface area contributed by atoms with Crippen molar-refractivity contribution in [2.45, 2.75) is 12.3 Å². The Morgan fingerprint density at radius 2 is 1.70 bits per heavy atom. The molecule has 0 spiro atoms. The molecule has 3 heterocycles. The maximum absolute atomic E-state index is 12.9. The maximum Gasteiger partial charge on any atom is 0.449 e. The highest BCUT2D eigenvalue weighted by Gasteiger charge is 2.35. The van der Waals surface area contributed by atoms with Gasteiger partial charge in [-0.3, -0.25) is 9.59 Å². The molecule has 33 heavy (non-hydrogen) atoms. The fourth-order valence-corrected chi connectivity index (χ4v) is 3.93. The highest BCUT2D eigenvalue weighted by molar-refractivity contribution is 5.97. The van der Waals surface area contributed by atoms with E-state index < -0.39 is 18.1 Å². The molecule has 8 nitrogen and oxygen atoms in total. The number of aromatic nitrogens is 2. The zero-order valence-corrected chi connectivity index (χ0v) is 17.3. The number of aromatic amines is 1. The van der Waals surface area contributed by atoms with Crippen LogP contribution in [-0.2, 0) is 11.0 Å². The first kappa shape index (κ1) is 21.1. The van der Waals surface area contributed by atoms with Crippen LogP contribution < -0.4 is 9.47 Å². The van der Waals surface area contributed by atoms with E-state index in [1.54, 1.807) is 28.0 Å². The first-order valence-corrected chi connectivity index (χ1v) is 10.3. The van der Waals surface area contributed by atoms with Gasteiger partial charge in [0.1, 0.15) is 6.61 Å². The molecule has 0 saturated carbocycles. The molecule has 1 N–H and O–H groups in total. The molecule has 0 bridgehead atoms. The van der Waals surface area contributed by atoms with Crippen molar-refractivity contribution in [1.29, 1.82) is 0 Å². The van der Waals surface area contributed by atoms with Crippen molar-refractivity contribution >= 4 is 22.8 Å². The van der Waals surface area contributed by atoms with Crippen molar-refractivity contribution in [3.8, 4) is 11.5 Å². The van der Waals surface area contributed by atoms with E-state index in [1.807, 2.05) is 6.07 Å². The van der Waals surface area contributed by atoms with Gasteiger partial charge in [0.15, 0.2) is 11.5 Å². The van der Waals surface area contributed by atoms with Crippen molar-refractivity contribution in [3.05, 3.63) is 53.9 Å². The Labute approximate surface area is 185 Å². The van der Waals surface area contributed by atoms with Crippen LogP contribution in [0.3, 0.4) is 0 Å². The molecule has 0 radical (unpaired) electrons. The summed E-state index contributed by atoms with van der Waals surface area (Å²) in [6.45, 7) is 1.33. The number of rotatable bonds is 2. The van der Waals surface area contributed by atoms with Crippen molar-refractivity contribution in [2.75, 3.05) is 32.8 Å². The summed E-state index contributed by atoms with van der Waals surface area (Å²) in [6.07, 6.45) is -5.35. The van der Waals surface area contributed by atoms with Gasteiger partial charge in [-0.25, -0.2) is 4.98 Å². The quantitative estimate of drug-likeness (QED) is 0.636. The third-order valence-electron chi connectivity index (χ3n) is 5.66. The number of fused-ring (bicyclic) bond motifs is 2. The minimum absolute atomic E-state index is 0.110. The number of carbonyl (C=O) groups excluding carboxylic acids is 2. The van der Waals surface area contributed by atoms with Gasteiger partial charge in [-0.15, -0.1) is 0 Å². The average molecular weight is 460 g/mol. The van der Waals surface area contributed by atoms with E-state index in [0.29, 0.717) is 37.7 Å². The van der Waals surface area contributed by atoms with Crippen molar-refractivity contribution in [1.82, 2.24) is 19.8 Å². The summed E-state index contributed by atoms with van der Waals surface area (Å²) in [5.41, 5.74) is 0.516. The van der Waals surface area contributed by atoms with E-state index in [2.05, 4.69) is 9.97 Å². The van der Waals surface area contributed by atoms with Crippen molar-refractivity contribution in [3.63, 3.8) is 0 Å². The summed E-state index contributed by atoms with van der Waals surface area (Å²) >= 11 is 0. The summed E-state index contributed by atoms with van der Waals surface area (Å²) in [5.74, 6) is -0.536. The highest BCUT2D eigenvalue weighted by Crippen LogP contribution is 2.31. The minimum Gasteiger partial charge on any atom is -0.485 e. The number of alkyl halides is 3. The second-order valence-corrected chi connectivity index (χ2v) is 7.80. The molecule has 0 unspecified atom stereocenters. The summed E-state index contributed by atoms with van der Waals surface area (Å²) in [7, 11) is 0. The van der Waals surface area contributed by atoms with Crippen LogP contribution in [0.5, 0.6) is 11.5 Å². The Kier molecular flexibility index (Phi) is 5.10. The number of hydrogen-bond acceptors (Lipinski definition) is 5. The molecule has 11 heteroatoms. The van der Waals surface area contributed by atoms with Crippen LogP contribution in [0.4, 0.5) is 13.2 Å². The lowest BCUT2D eigenvalue weighted by atomic mass is 10.1. The molecule has 2 aliphatic rings. The van der Waals surface area contributed by atoms with E-state index in [9.17, 15) is 22.8 Å². The lowest BCUT2D eigenvalue weighted by Crippen LogP contribution is -2.55. The van der Waals surface area contributed by atoms with Crippen LogP contribution in [0, 0.1) is 0 Å². The first-order chi connectivity index (χ1) is 15.8. The van der Waals surface area contributed by atoms with Gasteiger partial charge in [-0.1, -0.05) is 12.1 Å². The van der Waals surface area contributed by atoms with Crippen LogP contribution in [-0.4, -0.2) is 70.5 Å². The average Bonchev–Trinajstić information content (AvgIpc) is 3.27. The predicted molar refractivity (Wildman–Crippen MR) is 110 cm³/mol. The smallest absolute Gasteiger partial charge is 0.449 e. The SMILES string of the molecule is O=C(c1ccc2nc(C(F)(F)F)[nH]c2c1)N1CCN(C(=O)[C@H]2COc3ccccc3O2)CC1. The maximum atomic E-state index is 12.9. The van der Waals surface area contributed by atoms with E-state index in [-0.39, 0.29) is 35.0 Å². The number of imidazole rings is 1. The van der Waals surface area contributed by atoms with Gasteiger partial charge in [0.25, 0.3) is 11.8 Å². The van der Waals surface area contributed by atoms with E-state index in [1.165, 1.54) is 18.2 Å². The monoisotopic (exact) mass is 460 g/mol. The molecule has 2 amide bonds. The van der Waals surface area contributed by atoms with Crippen molar-refractivity contribution < 1.29 is 32.2 Å². The number of nitrogens with zero attached hydrogens (tertiary/aromatic N) is 3. The van der Waals surface area contributed by atoms with Crippen LogP contribution in [0.1, 0.15) is 16.2 Å². The zero-order chi connectivity index (χ0) is 23.2. The van der Waals surface area contributed by atoms with Gasteiger partial charge in [0.2, 0.25) is 11.9 Å². The van der Waals surface area contributed by atoms with Gasteiger partial charge < -0.3 is 24.3 Å². The second kappa shape index (κ2) is 7.98. The summed E-state index contributed by atoms with van der Waals surface area (Å²) in [4.78, 5) is 34.7. The molecule has 1 aromatic heterocycles. The lowest BCUT2D eigenvalue weighted by molar-refractivity contribution is -0.144. The number of ether oxygens (including phenoxy) is 2. The normalized spacial score (nSPS) is 18.5. The van der Waals surface area contributed by atoms with Crippen molar-refractivity contribution in [2.24, 2.45) is 0 Å². The number of carbonyl (C=O) groups is 2. The summed E-state index contributed by atoms with van der Waals surface area (Å²) < 4.78 is 50.0. The molecule has 1 atom stereocenters. The molecular formula is C22H19F3N4O4. The molecule has 1 fully saturated rings. The molecule has 1 saturated heterocycles. The number of piperazine rings is 1. The van der Waals surface area contributed by atoms with Crippen LogP contribution in [0.15, 0.2) is 42.5 Å². The first-order valence-electron chi connectivity index (χ1n) is 10.3. The van der Waals surface area contributed by atoms with Gasteiger partial charge in [0.05, 0.1) is 11.0 Å². The van der Waals surface area contributed by atoms with E-state index in [0.717, 1.165) is 0 Å². The standard InChI is InChI=1S/C22H19F3N4O4/c23-22(24,25)21-26-14-6-5-13(11-15(14)27-21)19(30)28-7-9-29(10-8-28)20(31)18-12-32-16-3-1-2-4-17(16)33-18/h1-6,11,18H,7-10,12H2,(H,26,27)/t18-/m1/s1. The zero-order valence-electron chi connectivity index (χ0n) is 17.3.